The number of likely N-dealkylation sites (tertiary alicyclic amines) is 1. The van der Waals surface area contributed by atoms with E-state index in [9.17, 15) is 9.59 Å². The molecular weight excluding hydrogens is 498 g/mol. The molecule has 40 heavy (non-hydrogen) atoms. The zero-order valence-corrected chi connectivity index (χ0v) is 24.4. The summed E-state index contributed by atoms with van der Waals surface area (Å²) in [5.74, 6) is 0.980. The highest BCUT2D eigenvalue weighted by atomic mass is 16.5. The van der Waals surface area contributed by atoms with Gasteiger partial charge in [-0.1, -0.05) is 43.5 Å². The second kappa shape index (κ2) is 11.4. The molecule has 6 heteroatoms. The molecule has 2 fully saturated rings. The van der Waals surface area contributed by atoms with Crippen molar-refractivity contribution in [1.29, 1.82) is 0 Å². The van der Waals surface area contributed by atoms with Crippen molar-refractivity contribution in [2.24, 2.45) is 5.92 Å². The molecule has 1 saturated carbocycles. The molecular formula is C34H43N3O3. The van der Waals surface area contributed by atoms with Crippen molar-refractivity contribution in [2.75, 3.05) is 38.3 Å². The van der Waals surface area contributed by atoms with Gasteiger partial charge < -0.3 is 19.1 Å². The lowest BCUT2D eigenvalue weighted by Gasteiger charge is -2.34. The Morgan fingerprint density at radius 1 is 0.975 bits per heavy atom. The molecule has 0 unspecified atom stereocenters. The largest absolute Gasteiger partial charge is 0.385 e. The summed E-state index contributed by atoms with van der Waals surface area (Å²) in [6.07, 6.45) is 9.30. The number of ether oxygens (including phenoxy) is 1. The molecule has 212 valence electrons. The van der Waals surface area contributed by atoms with Gasteiger partial charge in [-0.05, 0) is 86.6 Å². The summed E-state index contributed by atoms with van der Waals surface area (Å²) in [6, 6.07) is 13.2. The molecule has 6 nitrogen and oxygen atoms in total. The van der Waals surface area contributed by atoms with Gasteiger partial charge in [0.25, 0.3) is 0 Å². The fourth-order valence-corrected chi connectivity index (χ4v) is 7.39. The minimum atomic E-state index is -0.0134. The number of anilines is 1. The number of aryl methyl sites for hydroxylation is 2. The maximum atomic E-state index is 14.1. The number of benzene rings is 2. The Bertz CT molecular complexity index is 1420. The SMILES string of the molecule is COCC[C@@H]1CCCN(C(=O)CN2C(=O)Cn3c(c(C4CCCCC4)c4ccc(C)cc43)-c3ccc(C)cc32)C1. The standard InChI is InChI=1S/C34H43N3O3/c1-23-11-13-27-29(18-23)37-22-32(39)36(21-31(38)35-16-7-8-25(20-35)15-17-40-3)30-19-24(2)12-14-28(30)34(37)33(27)26-9-5-4-6-10-26/h11-14,18-19,25-26H,4-10,15-17,20-22H2,1-3H3/t25-/m0/s1. The number of hydrogen-bond donors (Lipinski definition) is 0. The lowest BCUT2D eigenvalue weighted by molar-refractivity contribution is -0.133. The number of nitrogens with zero attached hydrogens (tertiary/aromatic N) is 3. The van der Waals surface area contributed by atoms with Crippen molar-refractivity contribution in [3.05, 3.63) is 53.1 Å². The van der Waals surface area contributed by atoms with E-state index in [0.717, 1.165) is 61.3 Å². The van der Waals surface area contributed by atoms with E-state index in [4.69, 9.17) is 4.74 Å². The first-order valence-corrected chi connectivity index (χ1v) is 15.3. The fourth-order valence-electron chi connectivity index (χ4n) is 7.39. The van der Waals surface area contributed by atoms with Crippen LogP contribution in [-0.2, 0) is 20.9 Å². The summed E-state index contributed by atoms with van der Waals surface area (Å²) in [4.78, 5) is 31.6. The van der Waals surface area contributed by atoms with E-state index in [1.807, 2.05) is 4.90 Å². The van der Waals surface area contributed by atoms with Gasteiger partial charge in [-0.3, -0.25) is 9.59 Å². The number of amides is 2. The lowest BCUT2D eigenvalue weighted by atomic mass is 9.81. The van der Waals surface area contributed by atoms with Gasteiger partial charge in [0.1, 0.15) is 13.1 Å². The number of methoxy groups -OCH3 is 1. The van der Waals surface area contributed by atoms with E-state index in [1.54, 1.807) is 12.0 Å². The lowest BCUT2D eigenvalue weighted by Crippen LogP contribution is -2.47. The van der Waals surface area contributed by atoms with Crippen molar-refractivity contribution in [3.63, 3.8) is 0 Å². The number of rotatable bonds is 6. The van der Waals surface area contributed by atoms with Crippen LogP contribution in [0, 0.1) is 19.8 Å². The Labute approximate surface area is 238 Å². The first-order chi connectivity index (χ1) is 19.4. The second-order valence-electron chi connectivity index (χ2n) is 12.3. The number of piperidine rings is 1. The van der Waals surface area contributed by atoms with Crippen LogP contribution >= 0.6 is 0 Å². The Balaban J connectivity index is 1.41. The molecule has 3 heterocycles. The summed E-state index contributed by atoms with van der Waals surface area (Å²) in [7, 11) is 1.73. The quantitative estimate of drug-likeness (QED) is 0.354. The average molecular weight is 542 g/mol. The normalized spacial score (nSPS) is 20.0. The van der Waals surface area contributed by atoms with E-state index in [2.05, 4.69) is 54.8 Å². The van der Waals surface area contributed by atoms with Crippen LogP contribution in [0.5, 0.6) is 0 Å². The van der Waals surface area contributed by atoms with Gasteiger partial charge in [0, 0.05) is 43.3 Å². The van der Waals surface area contributed by atoms with Crippen molar-refractivity contribution in [2.45, 2.75) is 77.7 Å². The van der Waals surface area contributed by atoms with Gasteiger partial charge in [-0.15, -0.1) is 0 Å². The smallest absolute Gasteiger partial charge is 0.247 e. The Hall–Kier alpha value is -3.12. The van der Waals surface area contributed by atoms with Gasteiger partial charge in [0.15, 0.2) is 0 Å². The third kappa shape index (κ3) is 5.07. The monoisotopic (exact) mass is 541 g/mol. The topological polar surface area (TPSA) is 54.8 Å². The van der Waals surface area contributed by atoms with Gasteiger partial charge in [-0.2, -0.15) is 0 Å². The van der Waals surface area contributed by atoms with E-state index in [1.165, 1.54) is 54.3 Å². The molecule has 1 aromatic heterocycles. The van der Waals surface area contributed by atoms with E-state index in [0.29, 0.717) is 11.8 Å². The summed E-state index contributed by atoms with van der Waals surface area (Å²) >= 11 is 0. The zero-order chi connectivity index (χ0) is 27.8. The van der Waals surface area contributed by atoms with Crippen molar-refractivity contribution >= 4 is 28.4 Å². The highest BCUT2D eigenvalue weighted by molar-refractivity contribution is 6.07. The summed E-state index contributed by atoms with van der Waals surface area (Å²) in [6.45, 7) is 6.77. The van der Waals surface area contributed by atoms with Crippen LogP contribution in [-0.4, -0.2) is 54.6 Å². The van der Waals surface area contributed by atoms with Crippen LogP contribution < -0.4 is 4.90 Å². The van der Waals surface area contributed by atoms with Crippen molar-refractivity contribution in [1.82, 2.24) is 9.47 Å². The number of hydrogen-bond acceptors (Lipinski definition) is 3. The van der Waals surface area contributed by atoms with Gasteiger partial charge in [0.2, 0.25) is 11.8 Å². The molecule has 2 aromatic carbocycles. The zero-order valence-electron chi connectivity index (χ0n) is 24.4. The fraction of sp³-hybridized carbons (Fsp3) is 0.529. The van der Waals surface area contributed by atoms with Gasteiger partial charge in [-0.25, -0.2) is 0 Å². The average Bonchev–Trinajstić information content (AvgIpc) is 3.21. The summed E-state index contributed by atoms with van der Waals surface area (Å²) in [5.41, 5.74) is 7.98. The molecule has 0 N–H and O–H groups in total. The highest BCUT2D eigenvalue weighted by Gasteiger charge is 2.35. The van der Waals surface area contributed by atoms with Gasteiger partial charge >= 0.3 is 0 Å². The molecule has 0 bridgehead atoms. The Kier molecular flexibility index (Phi) is 7.71. The molecule has 3 aliphatic rings. The molecule has 1 aliphatic carbocycles. The van der Waals surface area contributed by atoms with Crippen LogP contribution in [0.1, 0.15) is 74.0 Å². The Morgan fingerprint density at radius 2 is 1.75 bits per heavy atom. The van der Waals surface area contributed by atoms with E-state index in [-0.39, 0.29) is 24.9 Å². The number of carbonyl (C=O) groups excluding carboxylic acids is 2. The predicted octanol–water partition coefficient (Wildman–Crippen LogP) is 6.59. The molecule has 1 saturated heterocycles. The number of fused-ring (bicyclic) bond motifs is 5. The van der Waals surface area contributed by atoms with E-state index < -0.39 is 0 Å². The number of carbonyl (C=O) groups is 2. The third-order valence-corrected chi connectivity index (χ3v) is 9.46. The second-order valence-corrected chi connectivity index (χ2v) is 12.3. The molecule has 2 amide bonds. The summed E-state index contributed by atoms with van der Waals surface area (Å²) < 4.78 is 7.55. The molecule has 0 radical (unpaired) electrons. The first kappa shape index (κ1) is 27.1. The van der Waals surface area contributed by atoms with E-state index >= 15 is 0 Å². The number of aromatic nitrogens is 1. The molecule has 0 spiro atoms. The predicted molar refractivity (Wildman–Crippen MR) is 161 cm³/mol. The van der Waals surface area contributed by atoms with Crippen LogP contribution in [0.25, 0.3) is 22.2 Å². The van der Waals surface area contributed by atoms with Crippen LogP contribution in [0.15, 0.2) is 36.4 Å². The molecule has 6 rings (SSSR count). The minimum Gasteiger partial charge on any atom is -0.385 e. The van der Waals surface area contributed by atoms with Crippen molar-refractivity contribution < 1.29 is 14.3 Å². The molecule has 2 aliphatic heterocycles. The van der Waals surface area contributed by atoms with Crippen LogP contribution in [0.2, 0.25) is 0 Å². The van der Waals surface area contributed by atoms with Crippen molar-refractivity contribution in [3.8, 4) is 11.3 Å². The maximum Gasteiger partial charge on any atom is 0.247 e. The molecule has 3 aromatic rings. The maximum absolute atomic E-state index is 14.1. The van der Waals surface area contributed by atoms with Crippen LogP contribution in [0.3, 0.4) is 0 Å². The first-order valence-electron chi connectivity index (χ1n) is 15.3. The van der Waals surface area contributed by atoms with Crippen LogP contribution in [0.4, 0.5) is 5.69 Å². The highest BCUT2D eigenvalue weighted by Crippen LogP contribution is 2.47. The molecule has 1 atom stereocenters. The third-order valence-electron chi connectivity index (χ3n) is 9.46. The van der Waals surface area contributed by atoms with Gasteiger partial charge in [0.05, 0.1) is 11.4 Å². The Morgan fingerprint density at radius 3 is 2.55 bits per heavy atom. The summed E-state index contributed by atoms with van der Waals surface area (Å²) in [5, 5.41) is 1.28. The minimum absolute atomic E-state index is 0.0134.